The predicted octanol–water partition coefficient (Wildman–Crippen LogP) is 6.39. The fraction of sp³-hybridized carbons (Fsp3) is 0. The molecule has 4 heteroatoms. The van der Waals surface area contributed by atoms with Gasteiger partial charge in [-0.1, -0.05) is 72.9 Å². The molecule has 0 saturated heterocycles. The Bertz CT molecular complexity index is 1040. The Morgan fingerprint density at radius 3 is 1.50 bits per heavy atom. The molecule has 0 bridgehead atoms. The standard InChI is InChI=1S/C20H12OS3/c21-19-15(13-7-3-1-4-8-13)11-17-18(24-20(22)23-17)12-16(19)14-9-5-2-6-10-14/h1-12H. The smallest absolute Gasteiger partial charge is 0.194 e. The van der Waals surface area contributed by atoms with E-state index < -0.39 is 0 Å². The van der Waals surface area contributed by atoms with E-state index in [4.69, 9.17) is 12.2 Å². The second-order valence-electron chi connectivity index (χ2n) is 5.36. The minimum absolute atomic E-state index is 0.0499. The topological polar surface area (TPSA) is 17.1 Å². The first kappa shape index (κ1) is 15.4. The van der Waals surface area contributed by atoms with Crippen molar-refractivity contribution in [2.24, 2.45) is 0 Å². The molecule has 0 saturated carbocycles. The third kappa shape index (κ3) is 2.84. The Hall–Kier alpha value is -2.14. The van der Waals surface area contributed by atoms with Crippen molar-refractivity contribution >= 4 is 44.3 Å². The lowest BCUT2D eigenvalue weighted by Gasteiger charge is -2.01. The maximum Gasteiger partial charge on any atom is 0.194 e. The number of hydrogen-bond donors (Lipinski definition) is 0. The molecular formula is C20H12OS3. The summed E-state index contributed by atoms with van der Waals surface area (Å²) in [5, 5.41) is 0. The minimum Gasteiger partial charge on any atom is -0.289 e. The number of rotatable bonds is 2. The van der Waals surface area contributed by atoms with E-state index in [-0.39, 0.29) is 5.43 Å². The molecule has 3 aromatic carbocycles. The second kappa shape index (κ2) is 6.40. The van der Waals surface area contributed by atoms with E-state index >= 15 is 0 Å². The second-order valence-corrected chi connectivity index (χ2v) is 8.65. The molecular weight excluding hydrogens is 352 g/mol. The summed E-state index contributed by atoms with van der Waals surface area (Å²) in [7, 11) is 0. The van der Waals surface area contributed by atoms with Crippen molar-refractivity contribution in [2.75, 3.05) is 0 Å². The van der Waals surface area contributed by atoms with E-state index in [2.05, 4.69) is 0 Å². The van der Waals surface area contributed by atoms with Crippen LogP contribution in [0.15, 0.2) is 77.6 Å². The molecule has 1 heterocycles. The van der Waals surface area contributed by atoms with E-state index in [0.717, 1.165) is 23.7 Å². The van der Waals surface area contributed by atoms with Crippen molar-refractivity contribution in [1.82, 2.24) is 0 Å². The average molecular weight is 365 g/mol. The van der Waals surface area contributed by atoms with E-state index in [1.54, 1.807) is 22.7 Å². The maximum atomic E-state index is 13.2. The molecule has 0 spiro atoms. The zero-order chi connectivity index (χ0) is 16.5. The number of hydrogen-bond acceptors (Lipinski definition) is 4. The molecule has 0 aliphatic heterocycles. The van der Waals surface area contributed by atoms with Gasteiger partial charge < -0.3 is 0 Å². The Labute approximate surface area is 152 Å². The van der Waals surface area contributed by atoms with Crippen LogP contribution in [0.4, 0.5) is 0 Å². The summed E-state index contributed by atoms with van der Waals surface area (Å²) in [6.45, 7) is 0. The molecule has 116 valence electrons. The molecule has 0 N–H and O–H groups in total. The molecule has 0 aliphatic rings. The van der Waals surface area contributed by atoms with E-state index in [1.807, 2.05) is 72.8 Å². The lowest BCUT2D eigenvalue weighted by Crippen LogP contribution is -2.04. The molecule has 0 radical (unpaired) electrons. The van der Waals surface area contributed by atoms with Crippen LogP contribution in [0.25, 0.3) is 31.7 Å². The Morgan fingerprint density at radius 2 is 1.08 bits per heavy atom. The van der Waals surface area contributed by atoms with E-state index in [9.17, 15) is 4.79 Å². The van der Waals surface area contributed by atoms with Gasteiger partial charge in [0.25, 0.3) is 0 Å². The van der Waals surface area contributed by atoms with Crippen molar-refractivity contribution in [1.29, 1.82) is 0 Å². The Morgan fingerprint density at radius 1 is 0.667 bits per heavy atom. The third-order valence-corrected chi connectivity index (χ3v) is 6.42. The molecule has 0 unspecified atom stereocenters. The van der Waals surface area contributed by atoms with Crippen LogP contribution in [-0.2, 0) is 0 Å². The van der Waals surface area contributed by atoms with Crippen molar-refractivity contribution in [3.05, 3.63) is 86.2 Å². The van der Waals surface area contributed by atoms with Crippen LogP contribution in [0.3, 0.4) is 0 Å². The number of benzene rings is 2. The summed E-state index contributed by atoms with van der Waals surface area (Å²) in [5.74, 6) is 0. The van der Waals surface area contributed by atoms with Crippen LogP contribution in [0.1, 0.15) is 0 Å². The minimum atomic E-state index is 0.0499. The first-order chi connectivity index (χ1) is 11.7. The molecule has 1 aromatic heterocycles. The van der Waals surface area contributed by atoms with Gasteiger partial charge in [-0.3, -0.25) is 4.79 Å². The molecule has 0 fully saturated rings. The van der Waals surface area contributed by atoms with Crippen LogP contribution in [0, 0.1) is 3.14 Å². The fourth-order valence-electron chi connectivity index (χ4n) is 2.70. The van der Waals surface area contributed by atoms with Gasteiger partial charge in [-0.25, -0.2) is 0 Å². The fourth-order valence-corrected chi connectivity index (χ4v) is 5.23. The summed E-state index contributed by atoms with van der Waals surface area (Å²) >= 11 is 8.48. The largest absolute Gasteiger partial charge is 0.289 e. The zero-order valence-corrected chi connectivity index (χ0v) is 15.0. The van der Waals surface area contributed by atoms with Gasteiger partial charge in [-0.15, -0.1) is 22.7 Å². The molecule has 4 rings (SSSR count). The first-order valence-electron chi connectivity index (χ1n) is 7.45. The highest BCUT2D eigenvalue weighted by atomic mass is 32.2. The third-order valence-electron chi connectivity index (χ3n) is 3.84. The van der Waals surface area contributed by atoms with Crippen LogP contribution in [-0.4, -0.2) is 0 Å². The molecule has 0 amide bonds. The summed E-state index contributed by atoms with van der Waals surface area (Å²) in [5.41, 5.74) is 3.35. The van der Waals surface area contributed by atoms with Gasteiger partial charge in [-0.2, -0.15) is 0 Å². The van der Waals surface area contributed by atoms with Gasteiger partial charge in [0.2, 0.25) is 0 Å². The predicted molar refractivity (Wildman–Crippen MR) is 108 cm³/mol. The van der Waals surface area contributed by atoms with Gasteiger partial charge >= 0.3 is 0 Å². The monoisotopic (exact) mass is 364 g/mol. The van der Waals surface area contributed by atoms with Crippen molar-refractivity contribution < 1.29 is 0 Å². The molecule has 0 aliphatic carbocycles. The van der Waals surface area contributed by atoms with Gasteiger partial charge in [-0.05, 0) is 23.3 Å². The van der Waals surface area contributed by atoms with Crippen molar-refractivity contribution in [3.8, 4) is 22.3 Å². The molecule has 24 heavy (non-hydrogen) atoms. The highest BCUT2D eigenvalue weighted by Crippen LogP contribution is 2.32. The zero-order valence-electron chi connectivity index (χ0n) is 12.6. The summed E-state index contributed by atoms with van der Waals surface area (Å²) < 4.78 is 2.99. The van der Waals surface area contributed by atoms with Gasteiger partial charge in [0, 0.05) is 20.5 Å². The van der Waals surface area contributed by atoms with Gasteiger partial charge in [0.1, 0.15) is 3.14 Å². The quantitative estimate of drug-likeness (QED) is 0.384. The SMILES string of the molecule is O=c1c(-c2ccccc2)cc2sc(=S)sc2cc1-c1ccccc1. The summed E-state index contributed by atoms with van der Waals surface area (Å²) in [4.78, 5) is 13.2. The van der Waals surface area contributed by atoms with Crippen LogP contribution >= 0.6 is 34.9 Å². The molecule has 1 nitrogen and oxygen atoms in total. The van der Waals surface area contributed by atoms with Gasteiger partial charge in [0.15, 0.2) is 5.43 Å². The maximum absolute atomic E-state index is 13.2. The Kier molecular flexibility index (Phi) is 4.10. The van der Waals surface area contributed by atoms with E-state index in [0.29, 0.717) is 11.1 Å². The Balaban J connectivity index is 2.14. The van der Waals surface area contributed by atoms with E-state index in [1.165, 1.54) is 0 Å². The lowest BCUT2D eigenvalue weighted by atomic mass is 10.0. The van der Waals surface area contributed by atoms with Gasteiger partial charge in [0.05, 0.1) is 0 Å². The molecule has 0 atom stereocenters. The van der Waals surface area contributed by atoms with Crippen LogP contribution in [0.2, 0.25) is 0 Å². The summed E-state index contributed by atoms with van der Waals surface area (Å²) in [6.07, 6.45) is 0. The lowest BCUT2D eigenvalue weighted by molar-refractivity contribution is 1.57. The average Bonchev–Trinajstić information content (AvgIpc) is 2.91. The highest BCUT2D eigenvalue weighted by Gasteiger charge is 2.11. The highest BCUT2D eigenvalue weighted by molar-refractivity contribution is 7.77. The van der Waals surface area contributed by atoms with Crippen LogP contribution < -0.4 is 5.43 Å². The number of fused-ring (bicyclic) bond motifs is 1. The van der Waals surface area contributed by atoms with Crippen molar-refractivity contribution in [2.45, 2.75) is 0 Å². The normalized spacial score (nSPS) is 10.8. The summed E-state index contributed by atoms with van der Waals surface area (Å²) in [6, 6.07) is 23.6. The van der Waals surface area contributed by atoms with Crippen LogP contribution in [0.5, 0.6) is 0 Å². The molecule has 4 aromatic rings. The first-order valence-corrected chi connectivity index (χ1v) is 9.49. The van der Waals surface area contributed by atoms with Crippen molar-refractivity contribution in [3.63, 3.8) is 0 Å².